The van der Waals surface area contributed by atoms with Crippen LogP contribution in [0.2, 0.25) is 0 Å². The predicted octanol–water partition coefficient (Wildman–Crippen LogP) is 0.602. The molecule has 0 aliphatic heterocycles. The molecule has 4 heteroatoms. The molecule has 1 unspecified atom stereocenters. The first-order valence-electron chi connectivity index (χ1n) is 4.77. The van der Waals surface area contributed by atoms with Crippen molar-refractivity contribution in [1.29, 1.82) is 0 Å². The lowest BCUT2D eigenvalue weighted by Gasteiger charge is -2.22. The molecule has 1 atom stereocenters. The Balaban J connectivity index is 3.32. The van der Waals surface area contributed by atoms with Crippen LogP contribution in [0.5, 0.6) is 0 Å². The molecular weight excluding hydrogens is 172 g/mol. The van der Waals surface area contributed by atoms with Gasteiger partial charge in [0.25, 0.3) is 0 Å². The quantitative estimate of drug-likeness (QED) is 0.408. The second kappa shape index (κ2) is 6.32. The summed E-state index contributed by atoms with van der Waals surface area (Å²) >= 11 is 0. The normalized spacial score (nSPS) is 14.5. The van der Waals surface area contributed by atoms with Crippen molar-refractivity contribution in [2.75, 3.05) is 6.61 Å². The maximum Gasteiger partial charge on any atom is 0.302 e. The maximum atomic E-state index is 8.67. The number of ether oxygens (including phenoxy) is 1. The summed E-state index contributed by atoms with van der Waals surface area (Å²) in [6, 6.07) is 0. The molecule has 0 aromatic carbocycles. The largest absolute Gasteiger partial charge is 0.370 e. The molecule has 0 aliphatic carbocycles. The highest BCUT2D eigenvalue weighted by molar-refractivity contribution is 4.58. The fourth-order valence-electron chi connectivity index (χ4n) is 0.901. The van der Waals surface area contributed by atoms with Crippen LogP contribution >= 0.6 is 0 Å². The lowest BCUT2D eigenvalue weighted by atomic mass is 10.2. The van der Waals surface area contributed by atoms with E-state index >= 15 is 0 Å². The molecule has 0 fully saturated rings. The second-order valence-electron chi connectivity index (χ2n) is 3.26. The summed E-state index contributed by atoms with van der Waals surface area (Å²) in [5, 5.41) is 26.0. The number of hydrogen-bond acceptors (Lipinski definition) is 4. The summed E-state index contributed by atoms with van der Waals surface area (Å²) in [4.78, 5) is 0. The SMILES string of the molecule is CCCCCCOC(C)C(O)(O)O. The van der Waals surface area contributed by atoms with Crippen molar-refractivity contribution in [3.63, 3.8) is 0 Å². The summed E-state index contributed by atoms with van der Waals surface area (Å²) in [5.74, 6) is -2.72. The van der Waals surface area contributed by atoms with Crippen molar-refractivity contribution in [2.45, 2.75) is 51.6 Å². The minimum atomic E-state index is -2.72. The maximum absolute atomic E-state index is 8.67. The van der Waals surface area contributed by atoms with E-state index < -0.39 is 12.1 Å². The molecule has 13 heavy (non-hydrogen) atoms. The van der Waals surface area contributed by atoms with Gasteiger partial charge in [0.2, 0.25) is 0 Å². The van der Waals surface area contributed by atoms with Gasteiger partial charge in [0.1, 0.15) is 6.10 Å². The Hall–Kier alpha value is -0.160. The molecule has 0 radical (unpaired) electrons. The van der Waals surface area contributed by atoms with Crippen LogP contribution in [0.25, 0.3) is 0 Å². The average Bonchev–Trinajstić information content (AvgIpc) is 2.02. The minimum absolute atomic E-state index is 0.449. The molecule has 0 rings (SSSR count). The Bertz CT molecular complexity index is 119. The standard InChI is InChI=1S/C9H20O4/c1-3-4-5-6-7-13-8(2)9(10,11)12/h8,10-12H,3-7H2,1-2H3. The molecule has 0 aromatic rings. The van der Waals surface area contributed by atoms with Crippen LogP contribution in [0.15, 0.2) is 0 Å². The fraction of sp³-hybridized carbons (Fsp3) is 1.00. The number of unbranched alkanes of at least 4 members (excludes halogenated alkanes) is 3. The predicted molar refractivity (Wildman–Crippen MR) is 48.9 cm³/mol. The van der Waals surface area contributed by atoms with E-state index in [0.717, 1.165) is 25.7 Å². The van der Waals surface area contributed by atoms with E-state index in [1.807, 2.05) is 0 Å². The molecule has 0 aromatic heterocycles. The molecule has 0 spiro atoms. The highest BCUT2D eigenvalue weighted by Crippen LogP contribution is 2.07. The molecule has 0 heterocycles. The van der Waals surface area contributed by atoms with Gasteiger partial charge in [-0.15, -0.1) is 0 Å². The van der Waals surface area contributed by atoms with Crippen molar-refractivity contribution in [2.24, 2.45) is 0 Å². The fourth-order valence-corrected chi connectivity index (χ4v) is 0.901. The molecule has 0 bridgehead atoms. The Morgan fingerprint density at radius 2 is 1.77 bits per heavy atom. The third-order valence-electron chi connectivity index (χ3n) is 1.91. The van der Waals surface area contributed by atoms with Gasteiger partial charge >= 0.3 is 5.97 Å². The molecule has 80 valence electrons. The Labute approximate surface area is 79.2 Å². The van der Waals surface area contributed by atoms with E-state index in [2.05, 4.69) is 6.92 Å². The van der Waals surface area contributed by atoms with Gasteiger partial charge in [0.15, 0.2) is 0 Å². The van der Waals surface area contributed by atoms with Crippen LogP contribution in [0.4, 0.5) is 0 Å². The van der Waals surface area contributed by atoms with Crippen molar-refractivity contribution in [1.82, 2.24) is 0 Å². The molecule has 0 saturated heterocycles. The highest BCUT2D eigenvalue weighted by atomic mass is 16.7. The van der Waals surface area contributed by atoms with E-state index in [9.17, 15) is 0 Å². The van der Waals surface area contributed by atoms with E-state index in [1.54, 1.807) is 0 Å². The molecule has 0 amide bonds. The highest BCUT2D eigenvalue weighted by Gasteiger charge is 2.28. The topological polar surface area (TPSA) is 69.9 Å². The third-order valence-corrected chi connectivity index (χ3v) is 1.91. The van der Waals surface area contributed by atoms with Crippen LogP contribution in [0.3, 0.4) is 0 Å². The summed E-state index contributed by atoms with van der Waals surface area (Å²) in [7, 11) is 0. The van der Waals surface area contributed by atoms with E-state index in [4.69, 9.17) is 20.1 Å². The van der Waals surface area contributed by atoms with Gasteiger partial charge in [-0.2, -0.15) is 0 Å². The van der Waals surface area contributed by atoms with Gasteiger partial charge in [0.05, 0.1) is 0 Å². The summed E-state index contributed by atoms with van der Waals surface area (Å²) < 4.78 is 5.00. The Kier molecular flexibility index (Phi) is 6.24. The number of hydrogen-bond donors (Lipinski definition) is 3. The van der Waals surface area contributed by atoms with Crippen molar-refractivity contribution >= 4 is 0 Å². The smallest absolute Gasteiger partial charge is 0.302 e. The van der Waals surface area contributed by atoms with Crippen LogP contribution in [-0.2, 0) is 4.74 Å². The zero-order valence-electron chi connectivity index (χ0n) is 8.36. The second-order valence-corrected chi connectivity index (χ2v) is 3.26. The van der Waals surface area contributed by atoms with Gasteiger partial charge in [0, 0.05) is 6.61 Å². The van der Waals surface area contributed by atoms with Crippen LogP contribution in [0.1, 0.15) is 39.5 Å². The Morgan fingerprint density at radius 1 is 1.15 bits per heavy atom. The summed E-state index contributed by atoms with van der Waals surface area (Å²) in [6.07, 6.45) is 3.29. The first-order valence-corrected chi connectivity index (χ1v) is 4.77. The average molecular weight is 192 g/mol. The third kappa shape index (κ3) is 6.95. The van der Waals surface area contributed by atoms with Gasteiger partial charge in [-0.1, -0.05) is 26.2 Å². The summed E-state index contributed by atoms with van der Waals surface area (Å²) in [5.41, 5.74) is 0. The van der Waals surface area contributed by atoms with E-state index in [-0.39, 0.29) is 0 Å². The lowest BCUT2D eigenvalue weighted by molar-refractivity contribution is -0.357. The number of rotatable bonds is 7. The first-order chi connectivity index (χ1) is 5.98. The van der Waals surface area contributed by atoms with E-state index in [1.165, 1.54) is 6.92 Å². The van der Waals surface area contributed by atoms with Gasteiger partial charge in [-0.05, 0) is 13.3 Å². The van der Waals surface area contributed by atoms with Gasteiger partial charge in [-0.25, -0.2) is 0 Å². The van der Waals surface area contributed by atoms with Crippen LogP contribution in [0, 0.1) is 0 Å². The zero-order chi connectivity index (χ0) is 10.3. The summed E-state index contributed by atoms with van der Waals surface area (Å²) in [6.45, 7) is 3.98. The molecule has 0 saturated carbocycles. The lowest BCUT2D eigenvalue weighted by Crippen LogP contribution is -2.41. The van der Waals surface area contributed by atoms with Crippen molar-refractivity contribution in [3.8, 4) is 0 Å². The minimum Gasteiger partial charge on any atom is -0.370 e. The molecule has 4 nitrogen and oxygen atoms in total. The van der Waals surface area contributed by atoms with Crippen molar-refractivity contribution in [3.05, 3.63) is 0 Å². The number of aliphatic hydroxyl groups is 3. The monoisotopic (exact) mass is 192 g/mol. The molecular formula is C9H20O4. The molecule has 3 N–H and O–H groups in total. The zero-order valence-corrected chi connectivity index (χ0v) is 8.36. The molecule has 0 aliphatic rings. The van der Waals surface area contributed by atoms with Crippen LogP contribution in [-0.4, -0.2) is 34.0 Å². The first kappa shape index (κ1) is 12.8. The van der Waals surface area contributed by atoms with Gasteiger partial charge < -0.3 is 20.1 Å². The van der Waals surface area contributed by atoms with Crippen molar-refractivity contribution < 1.29 is 20.1 Å². The van der Waals surface area contributed by atoms with Crippen LogP contribution < -0.4 is 0 Å². The van der Waals surface area contributed by atoms with Gasteiger partial charge in [-0.3, -0.25) is 0 Å². The Morgan fingerprint density at radius 3 is 2.23 bits per heavy atom. The van der Waals surface area contributed by atoms with E-state index in [0.29, 0.717) is 6.61 Å².